The van der Waals surface area contributed by atoms with E-state index in [1.807, 2.05) is 11.9 Å². The van der Waals surface area contributed by atoms with E-state index in [1.165, 1.54) is 12.3 Å². The van der Waals surface area contributed by atoms with Gasteiger partial charge in [0.15, 0.2) is 0 Å². The van der Waals surface area contributed by atoms with Crippen molar-refractivity contribution in [1.82, 2.24) is 10.3 Å². The fourth-order valence-corrected chi connectivity index (χ4v) is 2.08. The number of nitrogens with one attached hydrogen (secondary N) is 1. The highest BCUT2D eigenvalue weighted by Crippen LogP contribution is 2.24. The van der Waals surface area contributed by atoms with Gasteiger partial charge in [-0.2, -0.15) is 0 Å². The minimum atomic E-state index is -0.704. The van der Waals surface area contributed by atoms with Crippen LogP contribution in [0.3, 0.4) is 0 Å². The number of hydrogen-bond acceptors (Lipinski definition) is 4. The second-order valence-corrected chi connectivity index (χ2v) is 4.26. The Labute approximate surface area is 94.1 Å². The lowest BCUT2D eigenvalue weighted by Gasteiger charge is -2.23. The predicted molar refractivity (Wildman–Crippen MR) is 59.9 cm³/mol. The van der Waals surface area contributed by atoms with E-state index in [2.05, 4.69) is 10.3 Å². The van der Waals surface area contributed by atoms with Crippen molar-refractivity contribution in [3.05, 3.63) is 24.1 Å². The number of nitrogens with zero attached hydrogens (tertiary/aromatic N) is 2. The fourth-order valence-electron chi connectivity index (χ4n) is 2.08. The van der Waals surface area contributed by atoms with Gasteiger partial charge in [0.2, 0.25) is 0 Å². The van der Waals surface area contributed by atoms with Gasteiger partial charge in [0.05, 0.1) is 11.8 Å². The molecule has 0 aromatic carbocycles. The molecule has 0 amide bonds. The molecule has 2 rings (SSSR count). The van der Waals surface area contributed by atoms with Crippen molar-refractivity contribution in [1.29, 1.82) is 0 Å². The van der Waals surface area contributed by atoms with Crippen LogP contribution in [0.15, 0.2) is 18.3 Å². The summed E-state index contributed by atoms with van der Waals surface area (Å²) in [5, 5.41) is 13.1. The summed E-state index contributed by atoms with van der Waals surface area (Å²) in [4.78, 5) is 5.97. The number of β-amino-alcohol motifs (C(OH)–C–C–N with tert-alkyl or cyclic N) is 1. The van der Waals surface area contributed by atoms with Crippen LogP contribution in [0, 0.1) is 5.82 Å². The summed E-state index contributed by atoms with van der Waals surface area (Å²) >= 11 is 0. The van der Waals surface area contributed by atoms with Crippen molar-refractivity contribution in [3.63, 3.8) is 0 Å². The van der Waals surface area contributed by atoms with Gasteiger partial charge >= 0.3 is 0 Å². The van der Waals surface area contributed by atoms with E-state index in [0.29, 0.717) is 25.3 Å². The SMILES string of the molecule is CNCC1(O)CCN(c2ccc(F)cn2)C1. The highest BCUT2D eigenvalue weighted by molar-refractivity contribution is 5.40. The molecular weight excluding hydrogens is 209 g/mol. The molecule has 1 aliphatic heterocycles. The van der Waals surface area contributed by atoms with Crippen molar-refractivity contribution in [2.45, 2.75) is 12.0 Å². The van der Waals surface area contributed by atoms with Gasteiger partial charge in [0.25, 0.3) is 0 Å². The summed E-state index contributed by atoms with van der Waals surface area (Å²) in [5.74, 6) is 0.377. The van der Waals surface area contributed by atoms with Gasteiger partial charge in [0.1, 0.15) is 11.6 Å². The third-order valence-electron chi connectivity index (χ3n) is 2.87. The molecule has 0 aliphatic carbocycles. The number of pyridine rings is 1. The van der Waals surface area contributed by atoms with E-state index in [1.54, 1.807) is 6.07 Å². The Hall–Kier alpha value is -1.20. The molecule has 16 heavy (non-hydrogen) atoms. The van der Waals surface area contributed by atoms with Crippen LogP contribution >= 0.6 is 0 Å². The first kappa shape index (κ1) is 11.3. The summed E-state index contributed by atoms with van der Waals surface area (Å²) in [7, 11) is 1.82. The summed E-state index contributed by atoms with van der Waals surface area (Å²) in [6.07, 6.45) is 1.90. The molecule has 1 atom stereocenters. The lowest BCUT2D eigenvalue weighted by Crippen LogP contribution is -2.42. The minimum absolute atomic E-state index is 0.339. The number of likely N-dealkylation sites (N-methyl/N-ethyl adjacent to an activating group) is 1. The maximum absolute atomic E-state index is 12.7. The van der Waals surface area contributed by atoms with E-state index in [4.69, 9.17) is 0 Å². The zero-order valence-electron chi connectivity index (χ0n) is 9.28. The number of hydrogen-bond donors (Lipinski definition) is 2. The average molecular weight is 225 g/mol. The molecule has 1 aromatic heterocycles. The summed E-state index contributed by atoms with van der Waals surface area (Å²) in [6.45, 7) is 1.84. The van der Waals surface area contributed by atoms with Crippen LogP contribution in [0.2, 0.25) is 0 Å². The van der Waals surface area contributed by atoms with Crippen LogP contribution in [-0.2, 0) is 0 Å². The molecule has 1 fully saturated rings. The van der Waals surface area contributed by atoms with Crippen LogP contribution in [0.4, 0.5) is 10.2 Å². The molecule has 5 heteroatoms. The van der Waals surface area contributed by atoms with Crippen molar-refractivity contribution < 1.29 is 9.50 Å². The second-order valence-electron chi connectivity index (χ2n) is 4.26. The van der Waals surface area contributed by atoms with Gasteiger partial charge in [-0.25, -0.2) is 9.37 Å². The third kappa shape index (κ3) is 2.31. The van der Waals surface area contributed by atoms with E-state index in [-0.39, 0.29) is 5.82 Å². The van der Waals surface area contributed by atoms with Gasteiger partial charge < -0.3 is 15.3 Å². The molecule has 4 nitrogen and oxygen atoms in total. The maximum atomic E-state index is 12.7. The second kappa shape index (κ2) is 4.35. The molecule has 0 saturated carbocycles. The van der Waals surface area contributed by atoms with Crippen LogP contribution in [0.1, 0.15) is 6.42 Å². The molecule has 0 radical (unpaired) electrons. The zero-order chi connectivity index (χ0) is 11.6. The number of aliphatic hydroxyl groups is 1. The van der Waals surface area contributed by atoms with Crippen LogP contribution < -0.4 is 10.2 Å². The molecule has 0 spiro atoms. The van der Waals surface area contributed by atoms with E-state index in [9.17, 15) is 9.50 Å². The molecular formula is C11H16FN3O. The van der Waals surface area contributed by atoms with Gasteiger partial charge in [0, 0.05) is 19.6 Å². The van der Waals surface area contributed by atoms with Gasteiger partial charge in [-0.15, -0.1) is 0 Å². The normalized spacial score (nSPS) is 25.1. The number of anilines is 1. The van der Waals surface area contributed by atoms with E-state index >= 15 is 0 Å². The Morgan fingerprint density at radius 2 is 2.44 bits per heavy atom. The van der Waals surface area contributed by atoms with Crippen molar-refractivity contribution in [2.24, 2.45) is 0 Å². The average Bonchev–Trinajstić information content (AvgIpc) is 2.62. The standard InChI is InChI=1S/C11H16FN3O/c1-13-7-11(16)4-5-15(8-11)10-3-2-9(12)6-14-10/h2-3,6,13,16H,4-5,7-8H2,1H3. The molecule has 0 bridgehead atoms. The van der Waals surface area contributed by atoms with Crippen molar-refractivity contribution in [2.75, 3.05) is 31.6 Å². The number of rotatable bonds is 3. The van der Waals surface area contributed by atoms with Crippen LogP contribution in [0.5, 0.6) is 0 Å². The predicted octanol–water partition coefficient (Wildman–Crippen LogP) is 0.381. The quantitative estimate of drug-likeness (QED) is 0.781. The fraction of sp³-hybridized carbons (Fsp3) is 0.545. The Morgan fingerprint density at radius 3 is 3.06 bits per heavy atom. The number of aromatic nitrogens is 1. The van der Waals surface area contributed by atoms with Crippen molar-refractivity contribution >= 4 is 5.82 Å². The molecule has 88 valence electrons. The first-order valence-corrected chi connectivity index (χ1v) is 5.36. The first-order valence-electron chi connectivity index (χ1n) is 5.36. The molecule has 2 N–H and O–H groups in total. The van der Waals surface area contributed by atoms with E-state index in [0.717, 1.165) is 6.54 Å². The summed E-state index contributed by atoms with van der Waals surface area (Å²) in [6, 6.07) is 3.03. The Kier molecular flexibility index (Phi) is 3.07. The molecule has 2 heterocycles. The largest absolute Gasteiger partial charge is 0.387 e. The van der Waals surface area contributed by atoms with Gasteiger partial charge in [-0.05, 0) is 25.6 Å². The lowest BCUT2D eigenvalue weighted by atomic mass is 10.0. The van der Waals surface area contributed by atoms with Crippen LogP contribution in [-0.4, -0.2) is 42.4 Å². The summed E-state index contributed by atoms with van der Waals surface area (Å²) < 4.78 is 12.7. The first-order chi connectivity index (χ1) is 7.63. The highest BCUT2D eigenvalue weighted by atomic mass is 19.1. The lowest BCUT2D eigenvalue weighted by molar-refractivity contribution is 0.0651. The Morgan fingerprint density at radius 1 is 1.62 bits per heavy atom. The van der Waals surface area contributed by atoms with Crippen LogP contribution in [0.25, 0.3) is 0 Å². The molecule has 1 aromatic rings. The third-order valence-corrected chi connectivity index (χ3v) is 2.87. The topological polar surface area (TPSA) is 48.4 Å². The highest BCUT2D eigenvalue weighted by Gasteiger charge is 2.35. The molecule has 1 unspecified atom stereocenters. The Bertz CT molecular complexity index is 357. The van der Waals surface area contributed by atoms with E-state index < -0.39 is 5.60 Å². The monoisotopic (exact) mass is 225 g/mol. The smallest absolute Gasteiger partial charge is 0.141 e. The number of halogens is 1. The summed E-state index contributed by atoms with van der Waals surface area (Å²) in [5.41, 5.74) is -0.704. The van der Waals surface area contributed by atoms with Crippen molar-refractivity contribution in [3.8, 4) is 0 Å². The molecule has 1 aliphatic rings. The minimum Gasteiger partial charge on any atom is -0.387 e. The maximum Gasteiger partial charge on any atom is 0.141 e. The van der Waals surface area contributed by atoms with Gasteiger partial charge in [-0.3, -0.25) is 0 Å². The molecule has 1 saturated heterocycles. The Balaban J connectivity index is 2.06. The van der Waals surface area contributed by atoms with Gasteiger partial charge in [-0.1, -0.05) is 0 Å². The zero-order valence-corrected chi connectivity index (χ0v) is 9.28.